The van der Waals surface area contributed by atoms with Crippen molar-refractivity contribution in [2.24, 2.45) is 0 Å². The largest absolute Gasteiger partial charge is 0.396 e. The fourth-order valence-electron chi connectivity index (χ4n) is 1.05. The van der Waals surface area contributed by atoms with Gasteiger partial charge in [-0.2, -0.15) is 0 Å². The van der Waals surface area contributed by atoms with Gasteiger partial charge in [0.15, 0.2) is 0 Å². The molecule has 5 heteroatoms. The number of rotatable bonds is 5. The highest BCUT2D eigenvalue weighted by Crippen LogP contribution is 2.00. The molecule has 16 heavy (non-hydrogen) atoms. The zero-order chi connectivity index (χ0) is 11.8. The van der Waals surface area contributed by atoms with Crippen molar-refractivity contribution in [2.75, 3.05) is 18.1 Å². The molecule has 0 aliphatic heterocycles. The Morgan fingerprint density at radius 2 is 1.94 bits per heavy atom. The lowest BCUT2D eigenvalue weighted by Gasteiger charge is -2.03. The molecule has 0 saturated heterocycles. The Hall–Kier alpha value is -1.33. The Bertz CT molecular complexity index is 354. The SMILES string of the molecule is O=C(CSCCO)NC(=O)c1ccccc1. The minimum absolute atomic E-state index is 0.0323. The number of carbonyl (C=O) groups is 2. The molecule has 0 aromatic heterocycles. The summed E-state index contributed by atoms with van der Waals surface area (Å²) in [6.07, 6.45) is 0. The Morgan fingerprint density at radius 1 is 1.25 bits per heavy atom. The van der Waals surface area contributed by atoms with Crippen LogP contribution in [0.4, 0.5) is 0 Å². The minimum atomic E-state index is -0.393. The second-order valence-corrected chi connectivity index (χ2v) is 4.12. The first-order valence-corrected chi connectivity index (χ1v) is 5.97. The smallest absolute Gasteiger partial charge is 0.257 e. The molecule has 2 N–H and O–H groups in total. The standard InChI is InChI=1S/C11H13NO3S/c13-6-7-16-8-10(14)12-11(15)9-4-2-1-3-5-9/h1-5,13H,6-8H2,(H,12,14,15). The maximum Gasteiger partial charge on any atom is 0.257 e. The van der Waals surface area contributed by atoms with Crippen LogP contribution in [0.25, 0.3) is 0 Å². The Morgan fingerprint density at radius 3 is 2.56 bits per heavy atom. The van der Waals surface area contributed by atoms with Gasteiger partial charge in [-0.25, -0.2) is 0 Å². The Kier molecular flexibility index (Phi) is 5.60. The third kappa shape index (κ3) is 4.46. The van der Waals surface area contributed by atoms with Crippen LogP contribution in [0.15, 0.2) is 30.3 Å². The molecule has 1 aromatic carbocycles. The Labute approximate surface area is 98.0 Å². The fourth-order valence-corrected chi connectivity index (χ4v) is 1.58. The quantitative estimate of drug-likeness (QED) is 0.741. The van der Waals surface area contributed by atoms with Crippen molar-refractivity contribution in [2.45, 2.75) is 0 Å². The maximum atomic E-state index is 11.5. The monoisotopic (exact) mass is 239 g/mol. The van der Waals surface area contributed by atoms with Crippen molar-refractivity contribution >= 4 is 23.6 Å². The highest BCUT2D eigenvalue weighted by molar-refractivity contribution is 7.99. The summed E-state index contributed by atoms with van der Waals surface area (Å²) < 4.78 is 0. The molecule has 86 valence electrons. The van der Waals surface area contributed by atoms with Crippen LogP contribution < -0.4 is 5.32 Å². The highest BCUT2D eigenvalue weighted by atomic mass is 32.2. The summed E-state index contributed by atoms with van der Waals surface area (Å²) >= 11 is 1.28. The summed E-state index contributed by atoms with van der Waals surface area (Å²) in [7, 11) is 0. The third-order valence-electron chi connectivity index (χ3n) is 1.76. The van der Waals surface area contributed by atoms with E-state index in [0.717, 1.165) is 0 Å². The molecule has 2 amide bonds. The Balaban J connectivity index is 2.37. The van der Waals surface area contributed by atoms with Crippen LogP contribution in [0, 0.1) is 0 Å². The fraction of sp³-hybridized carbons (Fsp3) is 0.273. The molecular formula is C11H13NO3S. The topological polar surface area (TPSA) is 66.4 Å². The molecule has 1 rings (SSSR count). The summed E-state index contributed by atoms with van der Waals surface area (Å²) in [5, 5.41) is 10.8. The molecule has 0 unspecified atom stereocenters. The van der Waals surface area contributed by atoms with Gasteiger partial charge in [0.25, 0.3) is 5.91 Å². The molecular weight excluding hydrogens is 226 g/mol. The van der Waals surface area contributed by atoms with Crippen molar-refractivity contribution in [3.63, 3.8) is 0 Å². The van der Waals surface area contributed by atoms with Crippen LogP contribution in [0.5, 0.6) is 0 Å². The number of imide groups is 1. The summed E-state index contributed by atoms with van der Waals surface area (Å²) in [5.74, 6) is -0.0611. The predicted molar refractivity (Wildman–Crippen MR) is 63.3 cm³/mol. The first-order chi connectivity index (χ1) is 7.74. The van der Waals surface area contributed by atoms with Gasteiger partial charge in [-0.3, -0.25) is 14.9 Å². The van der Waals surface area contributed by atoms with E-state index in [1.165, 1.54) is 11.8 Å². The van der Waals surface area contributed by atoms with Gasteiger partial charge < -0.3 is 5.11 Å². The molecule has 0 bridgehead atoms. The average Bonchev–Trinajstić information content (AvgIpc) is 2.30. The van der Waals surface area contributed by atoms with Crippen LogP contribution in [-0.2, 0) is 4.79 Å². The van der Waals surface area contributed by atoms with E-state index >= 15 is 0 Å². The van der Waals surface area contributed by atoms with E-state index in [1.54, 1.807) is 30.3 Å². The van der Waals surface area contributed by atoms with Gasteiger partial charge in [0.05, 0.1) is 12.4 Å². The summed E-state index contributed by atoms with van der Waals surface area (Å²) in [4.78, 5) is 22.8. The van der Waals surface area contributed by atoms with E-state index < -0.39 is 5.91 Å². The van der Waals surface area contributed by atoms with Crippen LogP contribution >= 0.6 is 11.8 Å². The number of hydrogen-bond donors (Lipinski definition) is 2. The molecule has 0 spiro atoms. The molecule has 0 aliphatic carbocycles. The van der Waals surface area contributed by atoms with Gasteiger partial charge in [0.1, 0.15) is 0 Å². The van der Waals surface area contributed by atoms with Crippen LogP contribution in [0.1, 0.15) is 10.4 Å². The number of nitrogens with one attached hydrogen (secondary N) is 1. The lowest BCUT2D eigenvalue weighted by molar-refractivity contribution is -0.117. The molecule has 1 aromatic rings. The van der Waals surface area contributed by atoms with Crippen LogP contribution in [-0.4, -0.2) is 35.0 Å². The van der Waals surface area contributed by atoms with Crippen molar-refractivity contribution in [1.29, 1.82) is 0 Å². The number of amides is 2. The van der Waals surface area contributed by atoms with Gasteiger partial charge in [-0.05, 0) is 12.1 Å². The average molecular weight is 239 g/mol. The second kappa shape index (κ2) is 7.03. The maximum absolute atomic E-state index is 11.5. The van der Waals surface area contributed by atoms with E-state index in [4.69, 9.17) is 5.11 Å². The van der Waals surface area contributed by atoms with Crippen molar-refractivity contribution in [1.82, 2.24) is 5.32 Å². The van der Waals surface area contributed by atoms with Gasteiger partial charge in [0, 0.05) is 11.3 Å². The summed E-state index contributed by atoms with van der Waals surface area (Å²) in [5.41, 5.74) is 0.461. The lowest BCUT2D eigenvalue weighted by Crippen LogP contribution is -2.31. The normalized spacial score (nSPS) is 9.81. The second-order valence-electron chi connectivity index (χ2n) is 3.02. The van der Waals surface area contributed by atoms with Crippen LogP contribution in [0.2, 0.25) is 0 Å². The number of benzene rings is 1. The number of carbonyl (C=O) groups excluding carboxylic acids is 2. The lowest BCUT2D eigenvalue weighted by atomic mass is 10.2. The van der Waals surface area contributed by atoms with E-state index in [0.29, 0.717) is 11.3 Å². The van der Waals surface area contributed by atoms with Crippen LogP contribution in [0.3, 0.4) is 0 Å². The first kappa shape index (κ1) is 12.7. The van der Waals surface area contributed by atoms with E-state index in [9.17, 15) is 9.59 Å². The molecule has 0 radical (unpaired) electrons. The van der Waals surface area contributed by atoms with Gasteiger partial charge in [0.2, 0.25) is 5.91 Å². The van der Waals surface area contributed by atoms with Gasteiger partial charge >= 0.3 is 0 Å². The number of aliphatic hydroxyl groups is 1. The summed E-state index contributed by atoms with van der Waals surface area (Å²) in [6, 6.07) is 8.56. The minimum Gasteiger partial charge on any atom is -0.396 e. The molecule has 0 aliphatic rings. The van der Waals surface area contributed by atoms with Crippen molar-refractivity contribution < 1.29 is 14.7 Å². The first-order valence-electron chi connectivity index (χ1n) is 4.82. The van der Waals surface area contributed by atoms with E-state index in [-0.39, 0.29) is 18.3 Å². The molecule has 0 heterocycles. The molecule has 4 nitrogen and oxygen atoms in total. The zero-order valence-electron chi connectivity index (χ0n) is 8.68. The number of aliphatic hydroxyl groups excluding tert-OH is 1. The van der Waals surface area contributed by atoms with E-state index in [1.807, 2.05) is 0 Å². The highest BCUT2D eigenvalue weighted by Gasteiger charge is 2.09. The summed E-state index contributed by atoms with van der Waals surface area (Å²) in [6.45, 7) is 0.0323. The van der Waals surface area contributed by atoms with Gasteiger partial charge in [-0.15, -0.1) is 11.8 Å². The number of thioether (sulfide) groups is 1. The van der Waals surface area contributed by atoms with Crippen molar-refractivity contribution in [3.05, 3.63) is 35.9 Å². The van der Waals surface area contributed by atoms with Crippen molar-refractivity contribution in [3.8, 4) is 0 Å². The molecule has 0 atom stereocenters. The predicted octanol–water partition coefficient (Wildman–Crippen LogP) is 0.668. The molecule has 0 fully saturated rings. The van der Waals surface area contributed by atoms with E-state index in [2.05, 4.69) is 5.32 Å². The third-order valence-corrected chi connectivity index (χ3v) is 2.70. The van der Waals surface area contributed by atoms with Gasteiger partial charge in [-0.1, -0.05) is 18.2 Å². The number of hydrogen-bond acceptors (Lipinski definition) is 4. The zero-order valence-corrected chi connectivity index (χ0v) is 9.50. The molecule has 0 saturated carbocycles.